The van der Waals surface area contributed by atoms with E-state index in [1.54, 1.807) is 24.3 Å². The average Bonchev–Trinajstić information content (AvgIpc) is 2.46. The number of anilines is 1. The zero-order valence-corrected chi connectivity index (χ0v) is 11.0. The van der Waals surface area contributed by atoms with Crippen molar-refractivity contribution in [1.29, 1.82) is 0 Å². The number of benzene rings is 1. The van der Waals surface area contributed by atoms with Gasteiger partial charge in [-0.3, -0.25) is 4.79 Å². The largest absolute Gasteiger partial charge is 0.394 e. The lowest BCUT2D eigenvalue weighted by Gasteiger charge is -2.24. The third-order valence-corrected chi connectivity index (χ3v) is 2.84. The molecule has 0 aromatic heterocycles. The van der Waals surface area contributed by atoms with E-state index in [4.69, 9.17) is 10.2 Å². The summed E-state index contributed by atoms with van der Waals surface area (Å²) in [5, 5.41) is 48.7. The van der Waals surface area contributed by atoms with E-state index in [0.29, 0.717) is 5.69 Å². The zero-order valence-electron chi connectivity index (χ0n) is 11.0. The van der Waals surface area contributed by atoms with Crippen molar-refractivity contribution in [2.75, 3.05) is 11.9 Å². The van der Waals surface area contributed by atoms with Crippen molar-refractivity contribution in [3.63, 3.8) is 0 Å². The van der Waals surface area contributed by atoms with E-state index in [0.717, 1.165) is 5.56 Å². The molecule has 0 bridgehead atoms. The molecule has 112 valence electrons. The van der Waals surface area contributed by atoms with E-state index in [1.807, 2.05) is 6.92 Å². The molecule has 0 spiro atoms. The van der Waals surface area contributed by atoms with Crippen LogP contribution in [0.2, 0.25) is 0 Å². The molecule has 7 nitrogen and oxygen atoms in total. The molecular formula is C13H19NO6. The van der Waals surface area contributed by atoms with Crippen LogP contribution in [0.5, 0.6) is 0 Å². The standard InChI is InChI=1S/C13H19NO6/c1-7-2-4-8(5-3-7)14-13(20)12(19)11(18)10(17)9(16)6-15/h2-5,9-12,15-19H,6H2,1H3,(H,14,20)/t9-,10-,11-,12-/m1/s1. The summed E-state index contributed by atoms with van der Waals surface area (Å²) in [6, 6.07) is 6.74. The van der Waals surface area contributed by atoms with Crippen LogP contribution in [-0.4, -0.2) is 62.5 Å². The second-order valence-electron chi connectivity index (χ2n) is 4.53. The van der Waals surface area contributed by atoms with Gasteiger partial charge >= 0.3 is 0 Å². The summed E-state index contributed by atoms with van der Waals surface area (Å²) in [4.78, 5) is 11.7. The number of rotatable bonds is 6. The Morgan fingerprint density at radius 1 is 1.10 bits per heavy atom. The van der Waals surface area contributed by atoms with E-state index < -0.39 is 36.9 Å². The van der Waals surface area contributed by atoms with Crippen molar-refractivity contribution in [3.05, 3.63) is 29.8 Å². The molecule has 0 unspecified atom stereocenters. The van der Waals surface area contributed by atoms with Crippen molar-refractivity contribution >= 4 is 11.6 Å². The highest BCUT2D eigenvalue weighted by molar-refractivity contribution is 5.94. The number of carbonyl (C=O) groups excluding carboxylic acids is 1. The Bertz CT molecular complexity index is 435. The van der Waals surface area contributed by atoms with Crippen molar-refractivity contribution in [2.24, 2.45) is 0 Å². The van der Waals surface area contributed by atoms with E-state index >= 15 is 0 Å². The minimum Gasteiger partial charge on any atom is -0.394 e. The Morgan fingerprint density at radius 2 is 1.65 bits per heavy atom. The Balaban J connectivity index is 2.64. The summed E-state index contributed by atoms with van der Waals surface area (Å²) < 4.78 is 0. The van der Waals surface area contributed by atoms with Gasteiger partial charge in [0.2, 0.25) is 0 Å². The van der Waals surface area contributed by atoms with E-state index in [2.05, 4.69) is 5.32 Å². The lowest BCUT2D eigenvalue weighted by molar-refractivity contribution is -0.144. The zero-order chi connectivity index (χ0) is 15.3. The summed E-state index contributed by atoms with van der Waals surface area (Å²) in [5.41, 5.74) is 1.41. The molecule has 20 heavy (non-hydrogen) atoms. The maximum Gasteiger partial charge on any atom is 0.256 e. The first-order valence-electron chi connectivity index (χ1n) is 6.07. The summed E-state index contributed by atoms with van der Waals surface area (Å²) >= 11 is 0. The van der Waals surface area contributed by atoms with Crippen LogP contribution in [0.1, 0.15) is 5.56 Å². The number of hydrogen-bond donors (Lipinski definition) is 6. The normalized spacial score (nSPS) is 17.1. The number of aliphatic hydroxyl groups excluding tert-OH is 5. The maximum atomic E-state index is 11.7. The van der Waals surface area contributed by atoms with Gasteiger partial charge in [0.15, 0.2) is 6.10 Å². The number of aliphatic hydroxyl groups is 5. The van der Waals surface area contributed by atoms with Gasteiger partial charge in [-0.1, -0.05) is 17.7 Å². The molecule has 0 saturated heterocycles. The summed E-state index contributed by atoms with van der Waals surface area (Å²) in [6.07, 6.45) is -7.33. The summed E-state index contributed by atoms with van der Waals surface area (Å²) in [6.45, 7) is 1.07. The van der Waals surface area contributed by atoms with Gasteiger partial charge in [0.1, 0.15) is 18.3 Å². The smallest absolute Gasteiger partial charge is 0.256 e. The molecule has 1 rings (SSSR count). The van der Waals surface area contributed by atoms with Gasteiger partial charge in [0, 0.05) is 5.69 Å². The van der Waals surface area contributed by atoms with Gasteiger partial charge in [0.05, 0.1) is 6.61 Å². The van der Waals surface area contributed by atoms with Crippen LogP contribution in [-0.2, 0) is 4.79 Å². The Labute approximate surface area is 116 Å². The predicted octanol–water partition coefficient (Wildman–Crippen LogP) is -1.63. The first kappa shape index (κ1) is 16.5. The third kappa shape index (κ3) is 4.26. The van der Waals surface area contributed by atoms with Crippen molar-refractivity contribution in [3.8, 4) is 0 Å². The van der Waals surface area contributed by atoms with Gasteiger partial charge in [-0.25, -0.2) is 0 Å². The number of nitrogens with one attached hydrogen (secondary N) is 1. The molecule has 0 aliphatic carbocycles. The summed E-state index contributed by atoms with van der Waals surface area (Å²) in [5.74, 6) is -0.925. The molecule has 7 heteroatoms. The summed E-state index contributed by atoms with van der Waals surface area (Å²) in [7, 11) is 0. The topological polar surface area (TPSA) is 130 Å². The predicted molar refractivity (Wildman–Crippen MR) is 70.9 cm³/mol. The van der Waals surface area contributed by atoms with Gasteiger partial charge in [-0.05, 0) is 19.1 Å². The van der Waals surface area contributed by atoms with Crippen molar-refractivity contribution in [1.82, 2.24) is 0 Å². The third-order valence-electron chi connectivity index (χ3n) is 2.84. The molecular weight excluding hydrogens is 266 g/mol. The molecule has 0 saturated carbocycles. The van der Waals surface area contributed by atoms with Crippen LogP contribution >= 0.6 is 0 Å². The van der Waals surface area contributed by atoms with Crippen LogP contribution in [0.15, 0.2) is 24.3 Å². The van der Waals surface area contributed by atoms with E-state index in [-0.39, 0.29) is 0 Å². The molecule has 1 amide bonds. The second kappa shape index (κ2) is 7.32. The fourth-order valence-corrected chi connectivity index (χ4v) is 1.53. The number of hydrogen-bond acceptors (Lipinski definition) is 6. The fraction of sp³-hybridized carbons (Fsp3) is 0.462. The Hall–Kier alpha value is -1.51. The average molecular weight is 285 g/mol. The number of amides is 1. The molecule has 0 radical (unpaired) electrons. The molecule has 0 aliphatic rings. The minimum absolute atomic E-state index is 0.420. The SMILES string of the molecule is Cc1ccc(NC(=O)[C@H](O)[C@H](O)[C@H](O)[C@H](O)CO)cc1. The monoisotopic (exact) mass is 285 g/mol. The van der Waals surface area contributed by atoms with E-state index in [9.17, 15) is 20.1 Å². The van der Waals surface area contributed by atoms with Crippen molar-refractivity contribution < 1.29 is 30.3 Å². The highest BCUT2D eigenvalue weighted by atomic mass is 16.4. The van der Waals surface area contributed by atoms with Crippen molar-refractivity contribution in [2.45, 2.75) is 31.3 Å². The fourth-order valence-electron chi connectivity index (χ4n) is 1.53. The molecule has 4 atom stereocenters. The molecule has 0 fully saturated rings. The van der Waals surface area contributed by atoms with Crippen LogP contribution in [0.25, 0.3) is 0 Å². The molecule has 0 aliphatic heterocycles. The highest BCUT2D eigenvalue weighted by Crippen LogP contribution is 2.11. The van der Waals surface area contributed by atoms with Crippen LogP contribution in [0.3, 0.4) is 0 Å². The lowest BCUT2D eigenvalue weighted by atomic mass is 10.0. The van der Waals surface area contributed by atoms with E-state index in [1.165, 1.54) is 0 Å². The number of carbonyl (C=O) groups is 1. The Kier molecular flexibility index (Phi) is 6.05. The molecule has 0 heterocycles. The van der Waals surface area contributed by atoms with Crippen LogP contribution in [0.4, 0.5) is 5.69 Å². The van der Waals surface area contributed by atoms with Gasteiger partial charge in [0.25, 0.3) is 5.91 Å². The second-order valence-corrected chi connectivity index (χ2v) is 4.53. The quantitative estimate of drug-likeness (QED) is 0.372. The van der Waals surface area contributed by atoms with Gasteiger partial charge in [-0.2, -0.15) is 0 Å². The lowest BCUT2D eigenvalue weighted by Crippen LogP contribution is -2.50. The van der Waals surface area contributed by atoms with Gasteiger partial charge < -0.3 is 30.8 Å². The first-order valence-corrected chi connectivity index (χ1v) is 6.07. The first-order chi connectivity index (χ1) is 9.36. The van der Waals surface area contributed by atoms with Crippen LogP contribution in [0, 0.1) is 6.92 Å². The van der Waals surface area contributed by atoms with Crippen LogP contribution < -0.4 is 5.32 Å². The molecule has 1 aromatic carbocycles. The number of aryl methyl sites for hydroxylation is 1. The highest BCUT2D eigenvalue weighted by Gasteiger charge is 2.34. The minimum atomic E-state index is -1.94. The van der Waals surface area contributed by atoms with Gasteiger partial charge in [-0.15, -0.1) is 0 Å². The Morgan fingerprint density at radius 3 is 2.15 bits per heavy atom. The maximum absolute atomic E-state index is 11.7. The molecule has 1 aromatic rings. The molecule has 6 N–H and O–H groups in total.